The van der Waals surface area contributed by atoms with Crippen molar-refractivity contribution in [3.63, 3.8) is 0 Å². The van der Waals surface area contributed by atoms with Crippen molar-refractivity contribution in [2.75, 3.05) is 6.61 Å². The van der Waals surface area contributed by atoms with E-state index in [0.717, 1.165) is 19.3 Å². The van der Waals surface area contributed by atoms with Crippen LogP contribution in [-0.2, 0) is 9.53 Å². The highest BCUT2D eigenvalue weighted by Gasteiger charge is 2.35. The molecule has 0 aromatic carbocycles. The van der Waals surface area contributed by atoms with Crippen LogP contribution in [0.25, 0.3) is 0 Å². The molecule has 1 fully saturated rings. The van der Waals surface area contributed by atoms with E-state index in [9.17, 15) is 15.0 Å². The maximum atomic E-state index is 11.4. The number of hydrogen-bond acceptors (Lipinski definition) is 4. The number of allylic oxidation sites excluding steroid dienone is 2. The van der Waals surface area contributed by atoms with Gasteiger partial charge in [-0.2, -0.15) is 0 Å². The Labute approximate surface area is 113 Å². The second-order valence-corrected chi connectivity index (χ2v) is 5.39. The number of hydrogen-bond donors (Lipinski definition) is 2. The quantitative estimate of drug-likeness (QED) is 0.516. The molecule has 1 aliphatic heterocycles. The third-order valence-electron chi connectivity index (χ3n) is 3.90. The molecule has 0 aromatic rings. The molecule has 0 amide bonds. The molecule has 0 radical (unpaired) electrons. The Kier molecular flexibility index (Phi) is 5.16. The molecule has 2 aliphatic rings. The molecule has 1 saturated carbocycles. The lowest BCUT2D eigenvalue weighted by Gasteiger charge is -2.19. The maximum Gasteiger partial charge on any atom is 0.330 e. The number of fused-ring (bicyclic) bond motifs is 1. The van der Waals surface area contributed by atoms with Gasteiger partial charge >= 0.3 is 5.97 Å². The van der Waals surface area contributed by atoms with Crippen molar-refractivity contribution >= 4 is 5.97 Å². The second kappa shape index (κ2) is 6.87. The first-order valence-electron chi connectivity index (χ1n) is 7.04. The fraction of sp³-hybridized carbons (Fsp3) is 0.667. The van der Waals surface area contributed by atoms with E-state index in [-0.39, 0.29) is 17.9 Å². The molecule has 19 heavy (non-hydrogen) atoms. The Morgan fingerprint density at radius 2 is 2.00 bits per heavy atom. The zero-order valence-corrected chi connectivity index (χ0v) is 11.1. The van der Waals surface area contributed by atoms with Gasteiger partial charge in [-0.1, -0.05) is 12.2 Å². The largest absolute Gasteiger partial charge is 0.463 e. The van der Waals surface area contributed by atoms with Gasteiger partial charge in [0.05, 0.1) is 18.8 Å². The molecule has 4 atom stereocenters. The van der Waals surface area contributed by atoms with Crippen LogP contribution in [-0.4, -0.2) is 35.0 Å². The predicted octanol–water partition coefficient (Wildman–Crippen LogP) is 1.57. The van der Waals surface area contributed by atoms with Gasteiger partial charge in [0.1, 0.15) is 0 Å². The van der Waals surface area contributed by atoms with Gasteiger partial charge in [0.2, 0.25) is 0 Å². The van der Waals surface area contributed by atoms with Crippen molar-refractivity contribution < 1.29 is 19.7 Å². The van der Waals surface area contributed by atoms with Gasteiger partial charge < -0.3 is 14.9 Å². The van der Waals surface area contributed by atoms with Crippen molar-refractivity contribution in [1.82, 2.24) is 0 Å². The molecule has 1 heterocycles. The SMILES string of the molecule is O=C1C=CC(O)C2CC(O)CC2C=CCCCCO1. The summed E-state index contributed by atoms with van der Waals surface area (Å²) >= 11 is 0. The summed E-state index contributed by atoms with van der Waals surface area (Å²) in [7, 11) is 0. The molecule has 0 saturated heterocycles. The highest BCUT2D eigenvalue weighted by Crippen LogP contribution is 2.36. The van der Waals surface area contributed by atoms with Crippen LogP contribution in [0, 0.1) is 11.8 Å². The monoisotopic (exact) mass is 266 g/mol. The first-order chi connectivity index (χ1) is 9.16. The lowest BCUT2D eigenvalue weighted by Crippen LogP contribution is -2.21. The van der Waals surface area contributed by atoms with Crippen LogP contribution in [0.5, 0.6) is 0 Å². The highest BCUT2D eigenvalue weighted by atomic mass is 16.5. The van der Waals surface area contributed by atoms with Gasteiger partial charge in [-0.25, -0.2) is 4.79 Å². The Hall–Kier alpha value is -1.13. The van der Waals surface area contributed by atoms with E-state index in [1.807, 2.05) is 0 Å². The highest BCUT2D eigenvalue weighted by molar-refractivity contribution is 5.81. The van der Waals surface area contributed by atoms with Crippen LogP contribution in [0.2, 0.25) is 0 Å². The standard InChI is InChI=1S/C15H22O4/c16-12-9-11-5-3-1-2-4-8-19-15(18)7-6-14(17)13(11)10-12/h3,5-7,11-14,16-17H,1-2,4,8-10H2. The molecule has 4 nitrogen and oxygen atoms in total. The molecule has 0 bridgehead atoms. The average Bonchev–Trinajstić information content (AvgIpc) is 2.75. The minimum atomic E-state index is -0.708. The van der Waals surface area contributed by atoms with E-state index < -0.39 is 12.1 Å². The summed E-state index contributed by atoms with van der Waals surface area (Å²) in [6.07, 6.45) is 10.00. The van der Waals surface area contributed by atoms with Gasteiger partial charge in [0.15, 0.2) is 0 Å². The summed E-state index contributed by atoms with van der Waals surface area (Å²) < 4.78 is 5.03. The van der Waals surface area contributed by atoms with Crippen LogP contribution < -0.4 is 0 Å². The average molecular weight is 266 g/mol. The van der Waals surface area contributed by atoms with Crippen LogP contribution in [0.3, 0.4) is 0 Å². The fourth-order valence-corrected chi connectivity index (χ4v) is 2.86. The van der Waals surface area contributed by atoms with Gasteiger partial charge in [0.25, 0.3) is 0 Å². The minimum Gasteiger partial charge on any atom is -0.463 e. The number of ether oxygens (including phenoxy) is 1. The molecule has 2 rings (SSSR count). The summed E-state index contributed by atoms with van der Waals surface area (Å²) in [5.74, 6) is -0.233. The van der Waals surface area contributed by atoms with Gasteiger partial charge in [0, 0.05) is 6.08 Å². The van der Waals surface area contributed by atoms with E-state index in [2.05, 4.69) is 12.2 Å². The molecule has 0 spiro atoms. The van der Waals surface area contributed by atoms with Gasteiger partial charge in [-0.15, -0.1) is 0 Å². The number of carbonyl (C=O) groups excluding carboxylic acids is 1. The van der Waals surface area contributed by atoms with Crippen LogP contribution >= 0.6 is 0 Å². The van der Waals surface area contributed by atoms with Gasteiger partial charge in [-0.3, -0.25) is 0 Å². The first-order valence-corrected chi connectivity index (χ1v) is 7.04. The predicted molar refractivity (Wildman–Crippen MR) is 71.3 cm³/mol. The lowest BCUT2D eigenvalue weighted by molar-refractivity contribution is -0.137. The summed E-state index contributed by atoms with van der Waals surface area (Å²) in [6, 6.07) is 0. The molecule has 4 heteroatoms. The van der Waals surface area contributed by atoms with E-state index in [1.54, 1.807) is 0 Å². The molecule has 1 aliphatic carbocycles. The van der Waals surface area contributed by atoms with E-state index in [4.69, 9.17) is 4.74 Å². The molecule has 0 aromatic heterocycles. The molecular weight excluding hydrogens is 244 g/mol. The molecular formula is C15H22O4. The number of cyclic esters (lactones) is 1. The van der Waals surface area contributed by atoms with Crippen LogP contribution in [0.15, 0.2) is 24.3 Å². The summed E-state index contributed by atoms with van der Waals surface area (Å²) in [6.45, 7) is 0.429. The molecule has 106 valence electrons. The summed E-state index contributed by atoms with van der Waals surface area (Å²) in [5.41, 5.74) is 0. The topological polar surface area (TPSA) is 66.8 Å². The van der Waals surface area contributed by atoms with Crippen molar-refractivity contribution in [3.8, 4) is 0 Å². The Morgan fingerprint density at radius 1 is 1.16 bits per heavy atom. The van der Waals surface area contributed by atoms with Crippen molar-refractivity contribution in [1.29, 1.82) is 0 Å². The van der Waals surface area contributed by atoms with Crippen LogP contribution in [0.4, 0.5) is 0 Å². The Balaban J connectivity index is 2.09. The first kappa shape index (κ1) is 14.3. The Morgan fingerprint density at radius 3 is 2.84 bits per heavy atom. The zero-order valence-electron chi connectivity index (χ0n) is 11.1. The normalized spacial score (nSPS) is 36.8. The van der Waals surface area contributed by atoms with E-state index >= 15 is 0 Å². The lowest BCUT2D eigenvalue weighted by atomic mass is 9.90. The number of esters is 1. The van der Waals surface area contributed by atoms with Gasteiger partial charge in [-0.05, 0) is 50.0 Å². The fourth-order valence-electron chi connectivity index (χ4n) is 2.86. The van der Waals surface area contributed by atoms with Crippen molar-refractivity contribution in [2.24, 2.45) is 11.8 Å². The summed E-state index contributed by atoms with van der Waals surface area (Å²) in [4.78, 5) is 11.4. The number of aliphatic hydroxyl groups excluding tert-OH is 2. The summed E-state index contributed by atoms with van der Waals surface area (Å²) in [5, 5.41) is 19.9. The van der Waals surface area contributed by atoms with E-state index in [0.29, 0.717) is 19.4 Å². The van der Waals surface area contributed by atoms with Crippen molar-refractivity contribution in [2.45, 2.75) is 44.3 Å². The molecule has 4 unspecified atom stereocenters. The maximum absolute atomic E-state index is 11.4. The third-order valence-corrected chi connectivity index (χ3v) is 3.90. The molecule has 2 N–H and O–H groups in total. The second-order valence-electron chi connectivity index (χ2n) is 5.39. The van der Waals surface area contributed by atoms with E-state index in [1.165, 1.54) is 12.2 Å². The number of carbonyl (C=O) groups is 1. The number of aliphatic hydroxyl groups is 2. The zero-order chi connectivity index (χ0) is 13.7. The number of rotatable bonds is 0. The van der Waals surface area contributed by atoms with Crippen LogP contribution in [0.1, 0.15) is 32.1 Å². The smallest absolute Gasteiger partial charge is 0.330 e. The third kappa shape index (κ3) is 4.18. The minimum absolute atomic E-state index is 0.0175. The van der Waals surface area contributed by atoms with Crippen molar-refractivity contribution in [3.05, 3.63) is 24.3 Å². The Bertz CT molecular complexity index is 361.